The Morgan fingerprint density at radius 1 is 1.06 bits per heavy atom. The van der Waals surface area contributed by atoms with Crippen LogP contribution in [0.4, 0.5) is 5.69 Å². The monoisotopic (exact) mass is 488 g/mol. The molecule has 1 N–H and O–H groups in total. The summed E-state index contributed by atoms with van der Waals surface area (Å²) in [4.78, 5) is 35.3. The first kappa shape index (κ1) is 23.0. The number of pyridine rings is 1. The van der Waals surface area contributed by atoms with Gasteiger partial charge in [-0.1, -0.05) is 37.1 Å². The van der Waals surface area contributed by atoms with Gasteiger partial charge in [0, 0.05) is 41.4 Å². The van der Waals surface area contributed by atoms with Crippen molar-refractivity contribution in [3.05, 3.63) is 82.3 Å². The van der Waals surface area contributed by atoms with E-state index < -0.39 is 0 Å². The zero-order chi connectivity index (χ0) is 24.5. The fraction of sp³-hybridized carbons (Fsp3) is 0.269. The number of benzene rings is 1. The average molecular weight is 489 g/mol. The summed E-state index contributed by atoms with van der Waals surface area (Å²) < 4.78 is 3.36. The molecule has 0 saturated carbocycles. The van der Waals surface area contributed by atoms with Gasteiger partial charge in [-0.25, -0.2) is 4.98 Å². The zero-order valence-electron chi connectivity index (χ0n) is 19.5. The molecule has 0 radical (unpaired) electrons. The Bertz CT molecular complexity index is 1460. The highest BCUT2D eigenvalue weighted by Crippen LogP contribution is 2.32. The molecule has 1 aromatic carbocycles. The lowest BCUT2D eigenvalue weighted by molar-refractivity contribution is -0.119. The van der Waals surface area contributed by atoms with Gasteiger partial charge in [0.1, 0.15) is 0 Å². The molecule has 35 heavy (non-hydrogen) atoms. The molecular formula is C26H25ClN6O2. The number of amides is 1. The minimum absolute atomic E-state index is 0.0460. The number of aromatic nitrogens is 5. The third kappa shape index (κ3) is 4.61. The van der Waals surface area contributed by atoms with E-state index in [1.807, 2.05) is 38.2 Å². The minimum Gasteiger partial charge on any atom is -0.323 e. The van der Waals surface area contributed by atoms with Crippen LogP contribution in [0.5, 0.6) is 0 Å². The maximum Gasteiger partial charge on any atom is 0.254 e. The molecule has 4 aromatic rings. The molecule has 0 aliphatic carbocycles. The van der Waals surface area contributed by atoms with E-state index in [4.69, 9.17) is 11.6 Å². The van der Waals surface area contributed by atoms with Gasteiger partial charge in [-0.2, -0.15) is 5.10 Å². The number of nitrogens with zero attached hydrogens (tertiary/aromatic N) is 5. The molecule has 1 aliphatic heterocycles. The Morgan fingerprint density at radius 3 is 2.71 bits per heavy atom. The second-order valence-corrected chi connectivity index (χ2v) is 9.30. The van der Waals surface area contributed by atoms with Crippen molar-refractivity contribution in [3.63, 3.8) is 0 Å². The van der Waals surface area contributed by atoms with Crippen LogP contribution in [0.2, 0.25) is 5.02 Å². The topological polar surface area (TPSA) is 94.7 Å². The molecule has 5 rings (SSSR count). The lowest BCUT2D eigenvalue weighted by atomic mass is 9.97. The van der Waals surface area contributed by atoms with Gasteiger partial charge in [-0.3, -0.25) is 23.8 Å². The van der Waals surface area contributed by atoms with E-state index in [0.29, 0.717) is 29.2 Å². The molecule has 2 atom stereocenters. The summed E-state index contributed by atoms with van der Waals surface area (Å²) in [6.07, 6.45) is 7.03. The van der Waals surface area contributed by atoms with Crippen LogP contribution in [0.25, 0.3) is 22.5 Å². The third-order valence-electron chi connectivity index (χ3n) is 6.45. The second kappa shape index (κ2) is 9.46. The van der Waals surface area contributed by atoms with E-state index in [1.54, 1.807) is 40.1 Å². The lowest BCUT2D eigenvalue weighted by Crippen LogP contribution is -2.27. The van der Waals surface area contributed by atoms with Gasteiger partial charge in [-0.15, -0.1) is 0 Å². The van der Waals surface area contributed by atoms with Crippen molar-refractivity contribution in [3.8, 4) is 22.5 Å². The maximum absolute atomic E-state index is 13.3. The standard InChI is InChI=1S/C26H25ClN6O2/c1-16-5-3-8-23(33-15-29-20(13-24(33)34)17-6-4-7-19(27)11-17)21-12-18(9-10-28-21)25-22(31-26(16)35)14-30-32(25)2/h4,6-7,9-16,23H,3,5,8H2,1-2H3,(H,31,35). The van der Waals surface area contributed by atoms with Crippen LogP contribution in [0.15, 0.2) is 66.0 Å². The number of halogens is 1. The summed E-state index contributed by atoms with van der Waals surface area (Å²) in [5.74, 6) is -0.232. The minimum atomic E-state index is -0.324. The molecule has 9 heteroatoms. The van der Waals surface area contributed by atoms with Gasteiger partial charge < -0.3 is 5.32 Å². The van der Waals surface area contributed by atoms with E-state index in [0.717, 1.165) is 28.9 Å². The largest absolute Gasteiger partial charge is 0.323 e. The SMILES string of the molecule is CC1CCCC(n2cnc(-c3cccc(Cl)c3)cc2=O)c2cc(ccn2)-c2c(cnn2C)NC1=O. The van der Waals surface area contributed by atoms with E-state index >= 15 is 0 Å². The van der Waals surface area contributed by atoms with Crippen molar-refractivity contribution in [2.45, 2.75) is 32.2 Å². The maximum atomic E-state index is 13.3. The van der Waals surface area contributed by atoms with Crippen LogP contribution in [0, 0.1) is 5.92 Å². The zero-order valence-corrected chi connectivity index (χ0v) is 20.2. The average Bonchev–Trinajstić information content (AvgIpc) is 3.21. The third-order valence-corrected chi connectivity index (χ3v) is 6.68. The van der Waals surface area contributed by atoms with Crippen molar-refractivity contribution in [1.82, 2.24) is 24.3 Å². The van der Waals surface area contributed by atoms with E-state index in [1.165, 1.54) is 6.07 Å². The molecular weight excluding hydrogens is 464 g/mol. The van der Waals surface area contributed by atoms with Crippen LogP contribution in [0.3, 0.4) is 0 Å². The van der Waals surface area contributed by atoms with Crippen LogP contribution < -0.4 is 10.9 Å². The van der Waals surface area contributed by atoms with E-state index in [-0.39, 0.29) is 23.4 Å². The van der Waals surface area contributed by atoms with Gasteiger partial charge in [0.25, 0.3) is 5.56 Å². The molecule has 3 aromatic heterocycles. The van der Waals surface area contributed by atoms with Crippen molar-refractivity contribution >= 4 is 23.2 Å². The summed E-state index contributed by atoms with van der Waals surface area (Å²) >= 11 is 6.12. The summed E-state index contributed by atoms with van der Waals surface area (Å²) in [6.45, 7) is 1.91. The second-order valence-electron chi connectivity index (χ2n) is 8.87. The van der Waals surface area contributed by atoms with Crippen molar-refractivity contribution in [2.24, 2.45) is 13.0 Å². The number of carbonyl (C=O) groups excluding carboxylic acids is 1. The molecule has 2 unspecified atom stereocenters. The molecule has 178 valence electrons. The molecule has 0 saturated heterocycles. The quantitative estimate of drug-likeness (QED) is 0.441. The predicted octanol–water partition coefficient (Wildman–Crippen LogP) is 4.71. The summed E-state index contributed by atoms with van der Waals surface area (Å²) in [7, 11) is 1.83. The van der Waals surface area contributed by atoms with E-state index in [2.05, 4.69) is 20.4 Å². The first-order valence-corrected chi connectivity index (χ1v) is 11.9. The van der Waals surface area contributed by atoms with Gasteiger partial charge in [0.2, 0.25) is 5.91 Å². The first-order valence-electron chi connectivity index (χ1n) is 11.5. The highest BCUT2D eigenvalue weighted by Gasteiger charge is 2.23. The number of hydrogen-bond acceptors (Lipinski definition) is 5. The Morgan fingerprint density at radius 2 is 1.91 bits per heavy atom. The molecule has 1 aliphatic rings. The number of aryl methyl sites for hydroxylation is 1. The van der Waals surface area contributed by atoms with Gasteiger partial charge in [-0.05, 0) is 37.1 Å². The number of hydrogen-bond donors (Lipinski definition) is 1. The Hall–Kier alpha value is -3.78. The smallest absolute Gasteiger partial charge is 0.254 e. The van der Waals surface area contributed by atoms with Gasteiger partial charge in [0.05, 0.1) is 41.3 Å². The number of carbonyl (C=O) groups is 1. The molecule has 1 amide bonds. The molecule has 2 bridgehead atoms. The van der Waals surface area contributed by atoms with Crippen molar-refractivity contribution in [2.75, 3.05) is 5.32 Å². The van der Waals surface area contributed by atoms with Gasteiger partial charge in [0.15, 0.2) is 0 Å². The van der Waals surface area contributed by atoms with Crippen molar-refractivity contribution in [1.29, 1.82) is 0 Å². The number of rotatable bonds is 2. The highest BCUT2D eigenvalue weighted by molar-refractivity contribution is 6.30. The molecule has 0 spiro atoms. The molecule has 8 nitrogen and oxygen atoms in total. The normalized spacial score (nSPS) is 18.2. The van der Waals surface area contributed by atoms with Crippen molar-refractivity contribution < 1.29 is 4.79 Å². The fourth-order valence-electron chi connectivity index (χ4n) is 4.53. The fourth-order valence-corrected chi connectivity index (χ4v) is 4.72. The Labute approximate surface area is 207 Å². The molecule has 0 fully saturated rings. The number of fused-ring (bicyclic) bond motifs is 4. The van der Waals surface area contributed by atoms with Crippen LogP contribution in [-0.2, 0) is 11.8 Å². The first-order chi connectivity index (χ1) is 16.9. The van der Waals surface area contributed by atoms with Gasteiger partial charge >= 0.3 is 0 Å². The molecule has 4 heterocycles. The lowest BCUT2D eigenvalue weighted by Gasteiger charge is -2.22. The Balaban J connectivity index is 1.60. The summed E-state index contributed by atoms with van der Waals surface area (Å²) in [5, 5.41) is 7.95. The highest BCUT2D eigenvalue weighted by atomic mass is 35.5. The van der Waals surface area contributed by atoms with Crippen LogP contribution >= 0.6 is 11.6 Å². The van der Waals surface area contributed by atoms with E-state index in [9.17, 15) is 9.59 Å². The predicted molar refractivity (Wildman–Crippen MR) is 135 cm³/mol. The number of anilines is 1. The summed E-state index contributed by atoms with van der Waals surface area (Å²) in [6, 6.07) is 12.3. The Kier molecular flexibility index (Phi) is 6.21. The summed E-state index contributed by atoms with van der Waals surface area (Å²) in [5.41, 5.74) is 4.23. The van der Waals surface area contributed by atoms with Crippen LogP contribution in [0.1, 0.15) is 37.9 Å². The number of nitrogens with one attached hydrogen (secondary N) is 1. The van der Waals surface area contributed by atoms with Crippen LogP contribution in [-0.4, -0.2) is 30.2 Å².